The molecule has 1 aliphatic carbocycles. The molecular formula is C18H19ClN4O3S2. The van der Waals surface area contributed by atoms with Gasteiger partial charge in [0, 0.05) is 10.6 Å². The van der Waals surface area contributed by atoms with Gasteiger partial charge in [0.1, 0.15) is 22.4 Å². The van der Waals surface area contributed by atoms with Crippen LogP contribution in [0, 0.1) is 0 Å². The summed E-state index contributed by atoms with van der Waals surface area (Å²) in [6.45, 7) is 1.98. The average molecular weight is 439 g/mol. The Labute approximate surface area is 171 Å². The predicted molar refractivity (Wildman–Crippen MR) is 111 cm³/mol. The van der Waals surface area contributed by atoms with Crippen molar-refractivity contribution in [2.24, 2.45) is 10.7 Å². The summed E-state index contributed by atoms with van der Waals surface area (Å²) < 4.78 is 24.3. The third-order valence-corrected chi connectivity index (χ3v) is 9.31. The van der Waals surface area contributed by atoms with Crippen molar-refractivity contribution in [3.8, 4) is 0 Å². The molecule has 1 saturated carbocycles. The second-order valence-electron chi connectivity index (χ2n) is 6.95. The number of aliphatic imine (C=N–C) groups is 1. The van der Waals surface area contributed by atoms with Crippen molar-refractivity contribution >= 4 is 50.3 Å². The van der Waals surface area contributed by atoms with E-state index in [4.69, 9.17) is 17.3 Å². The van der Waals surface area contributed by atoms with E-state index in [0.717, 1.165) is 23.5 Å². The number of aryl methyl sites for hydroxylation is 1. The number of nitrogens with zero attached hydrogens (tertiary/aromatic N) is 2. The van der Waals surface area contributed by atoms with Crippen LogP contribution in [0.5, 0.6) is 0 Å². The van der Waals surface area contributed by atoms with Crippen LogP contribution in [-0.2, 0) is 16.3 Å². The first-order valence-electron chi connectivity index (χ1n) is 8.88. The number of nitrogens with one attached hydrogen (secondary N) is 1. The van der Waals surface area contributed by atoms with E-state index in [-0.39, 0.29) is 17.5 Å². The van der Waals surface area contributed by atoms with E-state index in [2.05, 4.69) is 15.3 Å². The molecule has 2 aromatic heterocycles. The summed E-state index contributed by atoms with van der Waals surface area (Å²) in [7, 11) is -3.40. The van der Waals surface area contributed by atoms with Crippen LogP contribution in [0.15, 0.2) is 29.3 Å². The number of hydrogen-bond donors (Lipinski definition) is 2. The zero-order valence-electron chi connectivity index (χ0n) is 15.1. The van der Waals surface area contributed by atoms with Crippen LogP contribution in [0.25, 0.3) is 0 Å². The summed E-state index contributed by atoms with van der Waals surface area (Å²) in [5.41, 5.74) is 6.84. The summed E-state index contributed by atoms with van der Waals surface area (Å²) in [6, 6.07) is 6.26. The molecule has 0 aromatic carbocycles. The zero-order chi connectivity index (χ0) is 20.1. The van der Waals surface area contributed by atoms with Crippen LogP contribution in [0.2, 0.25) is 5.02 Å². The number of anilines is 1. The van der Waals surface area contributed by atoms with Gasteiger partial charge in [0.25, 0.3) is 5.91 Å². The molecule has 4 rings (SSSR count). The number of rotatable bonds is 4. The predicted octanol–water partition coefficient (Wildman–Crippen LogP) is 2.97. The van der Waals surface area contributed by atoms with Crippen molar-refractivity contribution < 1.29 is 13.2 Å². The molecule has 148 valence electrons. The fourth-order valence-electron chi connectivity index (χ4n) is 3.31. The van der Waals surface area contributed by atoms with E-state index in [1.165, 1.54) is 6.07 Å². The van der Waals surface area contributed by atoms with Gasteiger partial charge in [-0.1, -0.05) is 24.6 Å². The van der Waals surface area contributed by atoms with Gasteiger partial charge in [-0.15, -0.1) is 11.3 Å². The molecule has 2 aliphatic rings. The maximum Gasteiger partial charge on any atom is 0.266 e. The molecule has 3 heterocycles. The summed E-state index contributed by atoms with van der Waals surface area (Å²) >= 11 is 7.44. The molecule has 1 fully saturated rings. The number of carbonyl (C=O) groups excluding carboxylic acids is 1. The second-order valence-corrected chi connectivity index (χ2v) is 10.8. The minimum absolute atomic E-state index is 0.144. The number of carbonyl (C=O) groups is 1. The van der Waals surface area contributed by atoms with Gasteiger partial charge < -0.3 is 11.1 Å². The number of halogens is 1. The molecule has 0 saturated heterocycles. The smallest absolute Gasteiger partial charge is 0.266 e. The molecule has 1 aliphatic heterocycles. The van der Waals surface area contributed by atoms with Gasteiger partial charge in [-0.25, -0.2) is 13.4 Å². The summed E-state index contributed by atoms with van der Waals surface area (Å²) in [4.78, 5) is 22.2. The molecule has 1 atom stereocenters. The van der Waals surface area contributed by atoms with Crippen LogP contribution in [-0.4, -0.2) is 35.6 Å². The Bertz CT molecular complexity index is 1090. The maximum absolute atomic E-state index is 12.6. The van der Waals surface area contributed by atoms with Crippen LogP contribution in [0.1, 0.15) is 46.0 Å². The van der Waals surface area contributed by atoms with Crippen molar-refractivity contribution in [1.82, 2.24) is 4.98 Å². The Hall–Kier alpha value is -1.97. The molecule has 28 heavy (non-hydrogen) atoms. The number of amides is 1. The van der Waals surface area contributed by atoms with Gasteiger partial charge in [-0.2, -0.15) is 0 Å². The summed E-state index contributed by atoms with van der Waals surface area (Å²) in [5, 5.41) is 3.06. The average Bonchev–Trinajstić information content (AvgIpc) is 3.37. The summed E-state index contributed by atoms with van der Waals surface area (Å²) in [5.74, 6) is 0.108. The quantitative estimate of drug-likeness (QED) is 0.761. The molecule has 2 aromatic rings. The van der Waals surface area contributed by atoms with E-state index in [0.29, 0.717) is 33.4 Å². The molecule has 3 N–H and O–H groups in total. The molecule has 1 spiro atoms. The van der Waals surface area contributed by atoms with Gasteiger partial charge in [-0.05, 0) is 37.5 Å². The van der Waals surface area contributed by atoms with E-state index in [1.807, 2.05) is 19.1 Å². The van der Waals surface area contributed by atoms with Crippen molar-refractivity contribution in [3.63, 3.8) is 0 Å². The zero-order valence-corrected chi connectivity index (χ0v) is 17.5. The number of thiophene rings is 1. The van der Waals surface area contributed by atoms with Crippen molar-refractivity contribution in [2.75, 3.05) is 11.1 Å². The van der Waals surface area contributed by atoms with E-state index < -0.39 is 20.6 Å². The lowest BCUT2D eigenvalue weighted by atomic mass is 10.2. The molecule has 10 heteroatoms. The van der Waals surface area contributed by atoms with Gasteiger partial charge in [0.2, 0.25) is 0 Å². The molecule has 1 amide bonds. The third-order valence-electron chi connectivity index (χ3n) is 5.09. The van der Waals surface area contributed by atoms with Crippen LogP contribution in [0.4, 0.5) is 5.82 Å². The lowest BCUT2D eigenvalue weighted by Gasteiger charge is -2.25. The molecule has 0 bridgehead atoms. The fourth-order valence-corrected chi connectivity index (χ4v) is 6.89. The third kappa shape index (κ3) is 3.21. The van der Waals surface area contributed by atoms with Gasteiger partial charge in [-0.3, -0.25) is 9.79 Å². The van der Waals surface area contributed by atoms with Crippen molar-refractivity contribution in [3.05, 3.63) is 44.7 Å². The van der Waals surface area contributed by atoms with Crippen LogP contribution in [0.3, 0.4) is 0 Å². The van der Waals surface area contributed by atoms with Crippen molar-refractivity contribution in [2.45, 2.75) is 37.0 Å². The highest BCUT2D eigenvalue weighted by Gasteiger charge is 2.60. The molecule has 0 radical (unpaired) electrons. The minimum Gasteiger partial charge on any atom is -0.386 e. The standard InChI is InChI=1S/C18H19ClN4O3S2/c1-2-10-4-3-5-14(21-10)23-16(24)13-8-11(19)15(27-13)12-9-28(25,26)18(6-7-18)17(20)22-12/h3-5,8,12H,2,6-7,9H2,1H3,(H2,20,22)(H,21,23,24)/t12-/m0/s1. The van der Waals surface area contributed by atoms with Gasteiger partial charge in [0.15, 0.2) is 9.84 Å². The number of aromatic nitrogens is 1. The maximum atomic E-state index is 12.6. The molecular weight excluding hydrogens is 420 g/mol. The van der Waals surface area contributed by atoms with Gasteiger partial charge in [0.05, 0.1) is 15.7 Å². The van der Waals surface area contributed by atoms with Gasteiger partial charge >= 0.3 is 0 Å². The Morgan fingerprint density at radius 2 is 2.18 bits per heavy atom. The lowest BCUT2D eigenvalue weighted by Crippen LogP contribution is -2.44. The Morgan fingerprint density at radius 3 is 2.82 bits per heavy atom. The number of nitrogens with two attached hydrogens (primary N) is 1. The lowest BCUT2D eigenvalue weighted by molar-refractivity contribution is 0.103. The highest BCUT2D eigenvalue weighted by molar-refractivity contribution is 7.94. The Morgan fingerprint density at radius 1 is 1.43 bits per heavy atom. The second kappa shape index (κ2) is 6.82. The first kappa shape index (κ1) is 19.4. The number of amidine groups is 1. The first-order chi connectivity index (χ1) is 13.3. The highest BCUT2D eigenvalue weighted by Crippen LogP contribution is 2.49. The topological polar surface area (TPSA) is 115 Å². The number of pyridine rings is 1. The number of hydrogen-bond acceptors (Lipinski definition) is 7. The van der Waals surface area contributed by atoms with Crippen LogP contribution >= 0.6 is 22.9 Å². The highest BCUT2D eigenvalue weighted by atomic mass is 35.5. The first-order valence-corrected chi connectivity index (χ1v) is 11.7. The Kier molecular flexibility index (Phi) is 4.71. The normalized spacial score (nSPS) is 21.9. The fraction of sp³-hybridized carbons (Fsp3) is 0.389. The summed E-state index contributed by atoms with van der Waals surface area (Å²) in [6.07, 6.45) is 1.80. The Balaban J connectivity index is 1.59. The van der Waals surface area contributed by atoms with Crippen LogP contribution < -0.4 is 11.1 Å². The van der Waals surface area contributed by atoms with E-state index in [9.17, 15) is 13.2 Å². The molecule has 7 nitrogen and oxygen atoms in total. The van der Waals surface area contributed by atoms with E-state index in [1.54, 1.807) is 6.07 Å². The number of sulfone groups is 1. The monoisotopic (exact) mass is 438 g/mol. The minimum atomic E-state index is -3.40. The SMILES string of the molecule is CCc1cccc(NC(=O)c2cc(Cl)c([C@@H]3CS(=O)(=O)C4(CC4)C(N)=N3)s2)n1. The van der Waals surface area contributed by atoms with Crippen molar-refractivity contribution in [1.29, 1.82) is 0 Å². The molecule has 0 unspecified atom stereocenters. The largest absolute Gasteiger partial charge is 0.386 e. The van der Waals surface area contributed by atoms with E-state index >= 15 is 0 Å².